The van der Waals surface area contributed by atoms with E-state index in [2.05, 4.69) is 10.6 Å². The van der Waals surface area contributed by atoms with Crippen LogP contribution in [0.1, 0.15) is 37.6 Å². The Bertz CT molecular complexity index is 714. The first-order chi connectivity index (χ1) is 12.0. The summed E-state index contributed by atoms with van der Waals surface area (Å²) >= 11 is 0. The van der Waals surface area contributed by atoms with Crippen molar-refractivity contribution < 1.29 is 14.3 Å². The third-order valence-corrected chi connectivity index (χ3v) is 3.53. The molecule has 0 spiro atoms. The molecular formula is C20H24N2O3. The number of hydrogen-bond donors (Lipinski definition) is 2. The number of carbonyl (C=O) groups is 2. The summed E-state index contributed by atoms with van der Waals surface area (Å²) in [5, 5.41) is 5.65. The first-order valence-electron chi connectivity index (χ1n) is 8.43. The summed E-state index contributed by atoms with van der Waals surface area (Å²) in [7, 11) is 0. The molecule has 5 nitrogen and oxygen atoms in total. The number of benzene rings is 2. The molecule has 1 atom stereocenters. The highest BCUT2D eigenvalue weighted by Gasteiger charge is 2.21. The average molecular weight is 340 g/mol. The Morgan fingerprint density at radius 2 is 1.64 bits per heavy atom. The van der Waals surface area contributed by atoms with Crippen LogP contribution in [0.5, 0.6) is 5.75 Å². The van der Waals surface area contributed by atoms with Crippen LogP contribution in [-0.4, -0.2) is 24.0 Å². The van der Waals surface area contributed by atoms with Crippen LogP contribution in [0.15, 0.2) is 54.6 Å². The largest absolute Gasteiger partial charge is 0.481 e. The predicted octanol–water partition coefficient (Wildman–Crippen LogP) is 3.62. The van der Waals surface area contributed by atoms with Crippen LogP contribution in [0.25, 0.3) is 0 Å². The standard InChI is InChI=1S/C20H24N2O3/c1-4-18(25-15-10-6-5-7-11-15)20(24)22-17-13-9-8-12-16(17)19(23)21-14(2)3/h5-14,18H,4H2,1-3H3,(H,21,23)(H,22,24)/t18-/m0/s1. The summed E-state index contributed by atoms with van der Waals surface area (Å²) in [4.78, 5) is 24.9. The van der Waals surface area contributed by atoms with Crippen LogP contribution in [0.2, 0.25) is 0 Å². The van der Waals surface area contributed by atoms with E-state index in [4.69, 9.17) is 4.74 Å². The van der Waals surface area contributed by atoms with Crippen molar-refractivity contribution in [3.8, 4) is 5.75 Å². The third-order valence-electron chi connectivity index (χ3n) is 3.53. The fourth-order valence-electron chi connectivity index (χ4n) is 2.33. The fraction of sp³-hybridized carbons (Fsp3) is 0.300. The zero-order valence-electron chi connectivity index (χ0n) is 14.8. The van der Waals surface area contributed by atoms with E-state index in [9.17, 15) is 9.59 Å². The molecule has 0 aliphatic rings. The summed E-state index contributed by atoms with van der Waals surface area (Å²) in [6.07, 6.45) is -0.121. The molecule has 0 aliphatic carbocycles. The fourth-order valence-corrected chi connectivity index (χ4v) is 2.33. The Morgan fingerprint density at radius 1 is 1.00 bits per heavy atom. The van der Waals surface area contributed by atoms with Gasteiger partial charge in [-0.1, -0.05) is 37.3 Å². The maximum atomic E-state index is 12.6. The Morgan fingerprint density at radius 3 is 2.28 bits per heavy atom. The van der Waals surface area contributed by atoms with Crippen LogP contribution in [0.3, 0.4) is 0 Å². The first-order valence-corrected chi connectivity index (χ1v) is 8.43. The molecule has 0 aliphatic heterocycles. The van der Waals surface area contributed by atoms with Crippen molar-refractivity contribution >= 4 is 17.5 Å². The van der Waals surface area contributed by atoms with Gasteiger partial charge in [0.2, 0.25) is 0 Å². The van der Waals surface area contributed by atoms with Gasteiger partial charge < -0.3 is 15.4 Å². The van der Waals surface area contributed by atoms with E-state index in [-0.39, 0.29) is 17.9 Å². The van der Waals surface area contributed by atoms with Crippen LogP contribution in [0.4, 0.5) is 5.69 Å². The number of hydrogen-bond acceptors (Lipinski definition) is 3. The highest BCUT2D eigenvalue weighted by atomic mass is 16.5. The maximum Gasteiger partial charge on any atom is 0.265 e. The number of para-hydroxylation sites is 2. The van der Waals surface area contributed by atoms with Gasteiger partial charge in [0.05, 0.1) is 11.3 Å². The van der Waals surface area contributed by atoms with Crippen molar-refractivity contribution in [3.05, 3.63) is 60.2 Å². The molecule has 0 aromatic heterocycles. The van der Waals surface area contributed by atoms with E-state index in [0.29, 0.717) is 23.4 Å². The molecule has 0 saturated heterocycles. The zero-order chi connectivity index (χ0) is 18.2. The summed E-state index contributed by atoms with van der Waals surface area (Å²) in [5.41, 5.74) is 0.903. The number of amides is 2. The molecule has 0 fully saturated rings. The SMILES string of the molecule is CC[C@H](Oc1ccccc1)C(=O)Nc1ccccc1C(=O)NC(C)C. The van der Waals surface area contributed by atoms with Crippen LogP contribution >= 0.6 is 0 Å². The van der Waals surface area contributed by atoms with Crippen molar-refractivity contribution in [2.75, 3.05) is 5.32 Å². The van der Waals surface area contributed by atoms with Crippen molar-refractivity contribution in [1.82, 2.24) is 5.32 Å². The van der Waals surface area contributed by atoms with E-state index in [1.54, 1.807) is 36.4 Å². The first kappa shape index (κ1) is 18.5. The zero-order valence-corrected chi connectivity index (χ0v) is 14.8. The van der Waals surface area contributed by atoms with Gasteiger partial charge in [0, 0.05) is 6.04 Å². The quantitative estimate of drug-likeness (QED) is 0.809. The van der Waals surface area contributed by atoms with E-state index in [1.165, 1.54) is 0 Å². The molecule has 2 rings (SSSR count). The van der Waals surface area contributed by atoms with E-state index < -0.39 is 6.10 Å². The summed E-state index contributed by atoms with van der Waals surface area (Å²) in [6.45, 7) is 5.66. The van der Waals surface area contributed by atoms with Gasteiger partial charge in [-0.25, -0.2) is 0 Å². The minimum atomic E-state index is -0.636. The predicted molar refractivity (Wildman–Crippen MR) is 98.8 cm³/mol. The topological polar surface area (TPSA) is 67.4 Å². The van der Waals surface area contributed by atoms with Gasteiger partial charge in [-0.2, -0.15) is 0 Å². The lowest BCUT2D eigenvalue weighted by atomic mass is 10.1. The van der Waals surface area contributed by atoms with Crippen LogP contribution in [-0.2, 0) is 4.79 Å². The molecule has 0 saturated carbocycles. The molecule has 5 heteroatoms. The monoisotopic (exact) mass is 340 g/mol. The van der Waals surface area contributed by atoms with Gasteiger partial charge in [-0.3, -0.25) is 9.59 Å². The van der Waals surface area contributed by atoms with Crippen LogP contribution < -0.4 is 15.4 Å². The molecule has 0 unspecified atom stereocenters. The van der Waals surface area contributed by atoms with Crippen LogP contribution in [0, 0.1) is 0 Å². The van der Waals surface area contributed by atoms with Gasteiger partial charge in [-0.05, 0) is 44.5 Å². The molecule has 25 heavy (non-hydrogen) atoms. The second kappa shape index (κ2) is 8.87. The molecule has 0 radical (unpaired) electrons. The lowest BCUT2D eigenvalue weighted by Gasteiger charge is -2.18. The Labute approximate surface area is 148 Å². The van der Waals surface area contributed by atoms with Gasteiger partial charge >= 0.3 is 0 Å². The summed E-state index contributed by atoms with van der Waals surface area (Å²) < 4.78 is 5.75. The van der Waals surface area contributed by atoms with Crippen molar-refractivity contribution in [2.24, 2.45) is 0 Å². The molecule has 2 amide bonds. The lowest BCUT2D eigenvalue weighted by Crippen LogP contribution is -2.34. The second-order valence-electron chi connectivity index (χ2n) is 5.99. The summed E-state index contributed by atoms with van der Waals surface area (Å²) in [5.74, 6) is 0.134. The highest BCUT2D eigenvalue weighted by Crippen LogP contribution is 2.18. The molecule has 2 aromatic rings. The number of anilines is 1. The van der Waals surface area contributed by atoms with Crippen molar-refractivity contribution in [3.63, 3.8) is 0 Å². The van der Waals surface area contributed by atoms with Crippen molar-refractivity contribution in [1.29, 1.82) is 0 Å². The molecule has 0 bridgehead atoms. The molecule has 2 N–H and O–H groups in total. The maximum absolute atomic E-state index is 12.6. The smallest absolute Gasteiger partial charge is 0.265 e. The molecule has 2 aromatic carbocycles. The average Bonchev–Trinajstić information content (AvgIpc) is 2.60. The second-order valence-corrected chi connectivity index (χ2v) is 5.99. The minimum Gasteiger partial charge on any atom is -0.481 e. The normalized spacial score (nSPS) is 11.7. The number of rotatable bonds is 7. The van der Waals surface area contributed by atoms with E-state index in [0.717, 1.165) is 0 Å². The molecule has 132 valence electrons. The van der Waals surface area contributed by atoms with Gasteiger partial charge in [-0.15, -0.1) is 0 Å². The van der Waals surface area contributed by atoms with Gasteiger partial charge in [0.15, 0.2) is 6.10 Å². The Kier molecular flexibility index (Phi) is 6.57. The van der Waals surface area contributed by atoms with E-state index >= 15 is 0 Å². The Hall–Kier alpha value is -2.82. The Balaban J connectivity index is 2.12. The number of carbonyl (C=O) groups excluding carboxylic acids is 2. The summed E-state index contributed by atoms with van der Waals surface area (Å²) in [6, 6.07) is 16.2. The number of ether oxygens (including phenoxy) is 1. The molecule has 0 heterocycles. The number of nitrogens with one attached hydrogen (secondary N) is 2. The van der Waals surface area contributed by atoms with E-state index in [1.807, 2.05) is 39.0 Å². The van der Waals surface area contributed by atoms with Gasteiger partial charge in [0.25, 0.3) is 11.8 Å². The highest BCUT2D eigenvalue weighted by molar-refractivity contribution is 6.04. The minimum absolute atomic E-state index is 0.0149. The third kappa shape index (κ3) is 5.35. The van der Waals surface area contributed by atoms with Crippen molar-refractivity contribution in [2.45, 2.75) is 39.3 Å². The molecular weight excluding hydrogens is 316 g/mol. The van der Waals surface area contributed by atoms with Gasteiger partial charge in [0.1, 0.15) is 5.75 Å². The lowest BCUT2D eigenvalue weighted by molar-refractivity contribution is -0.122.